The lowest BCUT2D eigenvalue weighted by atomic mass is 9.90. The summed E-state index contributed by atoms with van der Waals surface area (Å²) in [6.45, 7) is 3.82. The van der Waals surface area contributed by atoms with Crippen LogP contribution < -0.4 is 5.32 Å². The van der Waals surface area contributed by atoms with Gasteiger partial charge < -0.3 is 5.32 Å². The Kier molecular flexibility index (Phi) is 3.52. The van der Waals surface area contributed by atoms with Gasteiger partial charge in [-0.05, 0) is 62.8 Å². The number of fused-ring (bicyclic) bond motifs is 2. The first-order valence-corrected chi connectivity index (χ1v) is 8.25. The van der Waals surface area contributed by atoms with Crippen molar-refractivity contribution in [2.75, 3.05) is 5.32 Å². The number of aromatic nitrogens is 4. The van der Waals surface area contributed by atoms with Gasteiger partial charge in [-0.15, -0.1) is 5.10 Å². The Morgan fingerprint density at radius 3 is 2.88 bits per heavy atom. The van der Waals surface area contributed by atoms with Crippen LogP contribution in [0.1, 0.15) is 46.0 Å². The van der Waals surface area contributed by atoms with Crippen molar-refractivity contribution in [3.8, 4) is 0 Å². The second-order valence-electron chi connectivity index (χ2n) is 6.29. The molecule has 0 fully saturated rings. The van der Waals surface area contributed by atoms with Crippen LogP contribution in [-0.4, -0.2) is 25.5 Å². The van der Waals surface area contributed by atoms with Crippen molar-refractivity contribution in [1.82, 2.24) is 19.6 Å². The third kappa shape index (κ3) is 2.54. The van der Waals surface area contributed by atoms with Crippen molar-refractivity contribution in [2.24, 2.45) is 0 Å². The van der Waals surface area contributed by atoms with Crippen molar-refractivity contribution in [1.29, 1.82) is 0 Å². The first kappa shape index (κ1) is 14.8. The molecule has 6 nitrogen and oxygen atoms in total. The molecule has 3 aromatic rings. The molecule has 0 saturated heterocycles. The number of nitrogens with one attached hydrogen (secondary N) is 1. The van der Waals surface area contributed by atoms with Gasteiger partial charge in [0.2, 0.25) is 5.82 Å². The minimum atomic E-state index is -0.295. The van der Waals surface area contributed by atoms with Gasteiger partial charge in [-0.3, -0.25) is 4.79 Å². The number of nitrogens with zero attached hydrogens (tertiary/aromatic N) is 4. The SMILES string of the molecule is Cc1cc(C)n2nc(C(=O)Nc3cccc4c3CCCC4)nc2n1. The molecule has 6 heteroatoms. The summed E-state index contributed by atoms with van der Waals surface area (Å²) >= 11 is 0. The zero-order chi connectivity index (χ0) is 16.7. The Morgan fingerprint density at radius 1 is 1.17 bits per heavy atom. The van der Waals surface area contributed by atoms with Crippen LogP contribution in [0.25, 0.3) is 5.78 Å². The number of hydrogen-bond donors (Lipinski definition) is 1. The molecule has 0 saturated carbocycles. The molecule has 1 aromatic carbocycles. The Balaban J connectivity index is 1.67. The highest BCUT2D eigenvalue weighted by molar-refractivity contribution is 6.02. The van der Waals surface area contributed by atoms with E-state index < -0.39 is 0 Å². The molecule has 1 aliphatic carbocycles. The van der Waals surface area contributed by atoms with E-state index in [4.69, 9.17) is 0 Å². The average Bonchev–Trinajstić information content (AvgIpc) is 3.00. The summed E-state index contributed by atoms with van der Waals surface area (Å²) in [6.07, 6.45) is 4.45. The van der Waals surface area contributed by atoms with E-state index in [1.165, 1.54) is 17.5 Å². The number of carbonyl (C=O) groups excluding carboxylic acids is 1. The Morgan fingerprint density at radius 2 is 2.00 bits per heavy atom. The molecular weight excluding hydrogens is 302 g/mol. The van der Waals surface area contributed by atoms with Gasteiger partial charge >= 0.3 is 0 Å². The molecule has 122 valence electrons. The molecule has 2 aromatic heterocycles. The number of carbonyl (C=O) groups is 1. The molecule has 24 heavy (non-hydrogen) atoms. The maximum absolute atomic E-state index is 12.6. The first-order chi connectivity index (χ1) is 11.6. The third-order valence-electron chi connectivity index (χ3n) is 4.47. The van der Waals surface area contributed by atoms with Crippen molar-refractivity contribution < 1.29 is 4.79 Å². The molecule has 4 rings (SSSR count). The normalized spacial score (nSPS) is 13.8. The monoisotopic (exact) mass is 321 g/mol. The lowest BCUT2D eigenvalue weighted by molar-refractivity contribution is 0.101. The molecule has 2 heterocycles. The summed E-state index contributed by atoms with van der Waals surface area (Å²) in [4.78, 5) is 21.2. The Bertz CT molecular complexity index is 944. The van der Waals surface area contributed by atoms with Gasteiger partial charge in [-0.25, -0.2) is 9.50 Å². The van der Waals surface area contributed by atoms with Crippen LogP contribution in [-0.2, 0) is 12.8 Å². The number of anilines is 1. The van der Waals surface area contributed by atoms with Gasteiger partial charge in [0.05, 0.1) is 0 Å². The fraction of sp³-hybridized carbons (Fsp3) is 0.333. The van der Waals surface area contributed by atoms with Crippen LogP contribution in [0, 0.1) is 13.8 Å². The van der Waals surface area contributed by atoms with Crippen molar-refractivity contribution >= 4 is 17.4 Å². The van der Waals surface area contributed by atoms with Gasteiger partial charge in [0, 0.05) is 17.1 Å². The van der Waals surface area contributed by atoms with Gasteiger partial charge in [-0.1, -0.05) is 12.1 Å². The summed E-state index contributed by atoms with van der Waals surface area (Å²) in [5.74, 6) is 0.300. The highest BCUT2D eigenvalue weighted by Crippen LogP contribution is 2.28. The second-order valence-corrected chi connectivity index (χ2v) is 6.29. The zero-order valence-corrected chi connectivity index (χ0v) is 13.8. The largest absolute Gasteiger partial charge is 0.319 e. The first-order valence-electron chi connectivity index (χ1n) is 8.25. The van der Waals surface area contributed by atoms with Gasteiger partial charge in [0.25, 0.3) is 11.7 Å². The van der Waals surface area contributed by atoms with Crippen LogP contribution >= 0.6 is 0 Å². The van der Waals surface area contributed by atoms with Crippen molar-refractivity contribution in [3.63, 3.8) is 0 Å². The molecule has 0 unspecified atom stereocenters. The predicted octanol–water partition coefficient (Wildman–Crippen LogP) is 2.87. The quantitative estimate of drug-likeness (QED) is 0.788. The molecule has 1 N–H and O–H groups in total. The molecule has 0 bridgehead atoms. The van der Waals surface area contributed by atoms with E-state index >= 15 is 0 Å². The molecule has 0 spiro atoms. The van der Waals surface area contributed by atoms with E-state index in [0.29, 0.717) is 5.78 Å². The van der Waals surface area contributed by atoms with Crippen LogP contribution in [0.5, 0.6) is 0 Å². The molecule has 1 amide bonds. The smallest absolute Gasteiger partial charge is 0.295 e. The summed E-state index contributed by atoms with van der Waals surface area (Å²) < 4.78 is 1.60. The van der Waals surface area contributed by atoms with Crippen LogP contribution in [0.2, 0.25) is 0 Å². The molecule has 0 aliphatic heterocycles. The third-order valence-corrected chi connectivity index (χ3v) is 4.47. The molecular formula is C18H19N5O. The van der Waals surface area contributed by atoms with Crippen LogP contribution in [0.4, 0.5) is 5.69 Å². The van der Waals surface area contributed by atoms with Gasteiger partial charge in [-0.2, -0.15) is 4.98 Å². The van der Waals surface area contributed by atoms with E-state index in [-0.39, 0.29) is 11.7 Å². The Labute approximate surface area is 139 Å². The van der Waals surface area contributed by atoms with E-state index in [1.54, 1.807) is 4.52 Å². The summed E-state index contributed by atoms with van der Waals surface area (Å²) in [7, 11) is 0. The van der Waals surface area contributed by atoms with Crippen LogP contribution in [0.3, 0.4) is 0 Å². The summed E-state index contributed by atoms with van der Waals surface area (Å²) in [5.41, 5.74) is 5.20. The minimum Gasteiger partial charge on any atom is -0.319 e. The van der Waals surface area contributed by atoms with E-state index in [1.807, 2.05) is 32.0 Å². The maximum Gasteiger partial charge on any atom is 0.295 e. The topological polar surface area (TPSA) is 72.2 Å². The molecule has 0 radical (unpaired) electrons. The minimum absolute atomic E-state index is 0.143. The van der Waals surface area contributed by atoms with Gasteiger partial charge in [0.15, 0.2) is 0 Å². The lowest BCUT2D eigenvalue weighted by Gasteiger charge is -2.19. The highest BCUT2D eigenvalue weighted by Gasteiger charge is 2.18. The van der Waals surface area contributed by atoms with E-state index in [2.05, 4.69) is 26.4 Å². The van der Waals surface area contributed by atoms with Crippen LogP contribution in [0.15, 0.2) is 24.3 Å². The predicted molar refractivity (Wildman–Crippen MR) is 91.3 cm³/mol. The Hall–Kier alpha value is -2.76. The average molecular weight is 321 g/mol. The van der Waals surface area contributed by atoms with Crippen molar-refractivity contribution in [2.45, 2.75) is 39.5 Å². The number of rotatable bonds is 2. The molecule has 0 atom stereocenters. The van der Waals surface area contributed by atoms with E-state index in [0.717, 1.165) is 36.3 Å². The van der Waals surface area contributed by atoms with Crippen molar-refractivity contribution in [3.05, 3.63) is 52.6 Å². The molecule has 1 aliphatic rings. The fourth-order valence-electron chi connectivity index (χ4n) is 3.34. The number of amides is 1. The lowest BCUT2D eigenvalue weighted by Crippen LogP contribution is -2.17. The summed E-state index contributed by atoms with van der Waals surface area (Å²) in [5, 5.41) is 7.27. The van der Waals surface area contributed by atoms with Gasteiger partial charge in [0.1, 0.15) is 0 Å². The zero-order valence-electron chi connectivity index (χ0n) is 13.8. The highest BCUT2D eigenvalue weighted by atomic mass is 16.2. The second kappa shape index (κ2) is 5.70. The number of hydrogen-bond acceptors (Lipinski definition) is 4. The fourth-order valence-corrected chi connectivity index (χ4v) is 3.34. The van der Waals surface area contributed by atoms with E-state index in [9.17, 15) is 4.79 Å². The number of benzene rings is 1. The standard InChI is InChI=1S/C18H19N5O/c1-11-10-12(2)23-18(19-11)21-16(22-23)17(24)20-15-9-5-7-13-6-3-4-8-14(13)15/h5,7,9-10H,3-4,6,8H2,1-2H3,(H,20,24). The maximum atomic E-state index is 12.6. The summed E-state index contributed by atoms with van der Waals surface area (Å²) in [6, 6.07) is 8.00. The number of aryl methyl sites for hydroxylation is 3.